The molecule has 0 amide bonds. The lowest BCUT2D eigenvalue weighted by atomic mass is 9.62. The first kappa shape index (κ1) is 10.5. The minimum Gasteiger partial charge on any atom is -0.298 e. The molecule has 0 saturated heterocycles. The molecule has 1 unspecified atom stereocenters. The first-order chi connectivity index (χ1) is 5.92. The molecule has 1 fully saturated rings. The molecule has 1 atom stereocenters. The summed E-state index contributed by atoms with van der Waals surface area (Å²) in [6.07, 6.45) is 5.94. The van der Waals surface area contributed by atoms with Crippen molar-refractivity contribution in [2.45, 2.75) is 46.5 Å². The highest BCUT2D eigenvalue weighted by Crippen LogP contribution is 2.44. The predicted molar refractivity (Wildman–Crippen MR) is 55.6 cm³/mol. The highest BCUT2D eigenvalue weighted by atomic mass is 16.1. The highest BCUT2D eigenvalue weighted by Gasteiger charge is 2.44. The molecule has 0 aliphatic heterocycles. The van der Waals surface area contributed by atoms with Gasteiger partial charge < -0.3 is 0 Å². The summed E-state index contributed by atoms with van der Waals surface area (Å²) in [5.74, 6) is 0.422. The average molecular weight is 180 g/mol. The molecule has 1 heteroatoms. The van der Waals surface area contributed by atoms with Crippen LogP contribution in [0.15, 0.2) is 12.7 Å². The smallest absolute Gasteiger partial charge is 0.144 e. The van der Waals surface area contributed by atoms with Crippen molar-refractivity contribution in [1.82, 2.24) is 0 Å². The Morgan fingerprint density at radius 1 is 1.38 bits per heavy atom. The van der Waals surface area contributed by atoms with Crippen LogP contribution in [0, 0.1) is 10.8 Å². The Hall–Kier alpha value is -0.590. The van der Waals surface area contributed by atoms with Gasteiger partial charge in [0.25, 0.3) is 0 Å². The molecule has 0 spiro atoms. The number of rotatable bonds is 2. The summed E-state index contributed by atoms with van der Waals surface area (Å²) in [7, 11) is 0. The van der Waals surface area contributed by atoms with E-state index in [9.17, 15) is 4.79 Å². The summed E-state index contributed by atoms with van der Waals surface area (Å²) in [4.78, 5) is 12.1. The molecule has 0 heterocycles. The molecule has 0 bridgehead atoms. The maximum atomic E-state index is 12.1. The van der Waals surface area contributed by atoms with Crippen LogP contribution in [-0.2, 0) is 4.79 Å². The largest absolute Gasteiger partial charge is 0.298 e. The SMILES string of the molecule is C=CCC1(C)CCCC(C)(C)C1=O. The Kier molecular flexibility index (Phi) is 2.65. The number of hydrogen-bond donors (Lipinski definition) is 0. The molecule has 74 valence electrons. The zero-order chi connectivity index (χ0) is 10.1. The van der Waals surface area contributed by atoms with E-state index >= 15 is 0 Å². The molecule has 0 aromatic carbocycles. The topological polar surface area (TPSA) is 17.1 Å². The van der Waals surface area contributed by atoms with Gasteiger partial charge in [-0.15, -0.1) is 6.58 Å². The predicted octanol–water partition coefficient (Wildman–Crippen LogP) is 3.35. The van der Waals surface area contributed by atoms with Gasteiger partial charge in [0.2, 0.25) is 0 Å². The first-order valence-corrected chi connectivity index (χ1v) is 5.08. The number of carbonyl (C=O) groups excluding carboxylic acids is 1. The zero-order valence-electron chi connectivity index (χ0n) is 9.02. The molecule has 13 heavy (non-hydrogen) atoms. The molecule has 0 radical (unpaired) electrons. The van der Waals surface area contributed by atoms with E-state index in [1.807, 2.05) is 6.08 Å². The summed E-state index contributed by atoms with van der Waals surface area (Å²) in [6, 6.07) is 0. The molecule has 0 N–H and O–H groups in total. The monoisotopic (exact) mass is 180 g/mol. The third-order valence-corrected chi connectivity index (χ3v) is 3.29. The van der Waals surface area contributed by atoms with Crippen molar-refractivity contribution in [1.29, 1.82) is 0 Å². The van der Waals surface area contributed by atoms with Gasteiger partial charge in [-0.05, 0) is 19.3 Å². The van der Waals surface area contributed by atoms with Crippen molar-refractivity contribution < 1.29 is 4.79 Å². The molecular weight excluding hydrogens is 160 g/mol. The third kappa shape index (κ3) is 1.84. The minimum atomic E-state index is -0.135. The van der Waals surface area contributed by atoms with Crippen LogP contribution in [0.1, 0.15) is 46.5 Å². The van der Waals surface area contributed by atoms with Crippen LogP contribution < -0.4 is 0 Å². The lowest BCUT2D eigenvalue weighted by molar-refractivity contribution is -0.140. The Morgan fingerprint density at radius 3 is 2.54 bits per heavy atom. The van der Waals surface area contributed by atoms with Gasteiger partial charge in [-0.3, -0.25) is 4.79 Å². The van der Waals surface area contributed by atoms with Gasteiger partial charge in [0.1, 0.15) is 5.78 Å². The van der Waals surface area contributed by atoms with E-state index in [1.165, 1.54) is 6.42 Å². The molecule has 1 nitrogen and oxygen atoms in total. The highest BCUT2D eigenvalue weighted by molar-refractivity contribution is 5.90. The van der Waals surface area contributed by atoms with E-state index in [-0.39, 0.29) is 10.8 Å². The van der Waals surface area contributed by atoms with Gasteiger partial charge in [-0.2, -0.15) is 0 Å². The van der Waals surface area contributed by atoms with Crippen molar-refractivity contribution >= 4 is 5.78 Å². The summed E-state index contributed by atoms with van der Waals surface area (Å²) in [5, 5.41) is 0. The molecule has 1 rings (SSSR count). The number of Topliss-reactive ketones (excluding diaryl/α,β-unsaturated/α-hetero) is 1. The second-order valence-corrected chi connectivity index (χ2v) is 5.12. The van der Waals surface area contributed by atoms with E-state index in [2.05, 4.69) is 27.4 Å². The lowest BCUT2D eigenvalue weighted by Crippen LogP contribution is -2.42. The van der Waals surface area contributed by atoms with Crippen molar-refractivity contribution in [2.24, 2.45) is 10.8 Å². The molecular formula is C12H20O. The van der Waals surface area contributed by atoms with Gasteiger partial charge in [0.15, 0.2) is 0 Å². The number of ketones is 1. The lowest BCUT2D eigenvalue weighted by Gasteiger charge is -2.40. The fourth-order valence-corrected chi connectivity index (χ4v) is 2.48. The third-order valence-electron chi connectivity index (χ3n) is 3.29. The van der Waals surface area contributed by atoms with Gasteiger partial charge in [-0.25, -0.2) is 0 Å². The van der Waals surface area contributed by atoms with Gasteiger partial charge >= 0.3 is 0 Å². The molecule has 1 saturated carbocycles. The zero-order valence-corrected chi connectivity index (χ0v) is 9.02. The first-order valence-electron chi connectivity index (χ1n) is 5.08. The summed E-state index contributed by atoms with van der Waals surface area (Å²) in [5.41, 5.74) is -0.250. The summed E-state index contributed by atoms with van der Waals surface area (Å²) >= 11 is 0. The van der Waals surface area contributed by atoms with Crippen LogP contribution in [-0.4, -0.2) is 5.78 Å². The van der Waals surface area contributed by atoms with Crippen LogP contribution in [0.2, 0.25) is 0 Å². The Balaban J connectivity index is 2.87. The Labute approximate surface area is 81.2 Å². The number of carbonyl (C=O) groups is 1. The van der Waals surface area contributed by atoms with Crippen LogP contribution in [0.5, 0.6) is 0 Å². The van der Waals surface area contributed by atoms with Crippen molar-refractivity contribution in [3.8, 4) is 0 Å². The van der Waals surface area contributed by atoms with Crippen LogP contribution >= 0.6 is 0 Å². The van der Waals surface area contributed by atoms with Crippen LogP contribution in [0.3, 0.4) is 0 Å². The van der Waals surface area contributed by atoms with Crippen molar-refractivity contribution in [2.75, 3.05) is 0 Å². The van der Waals surface area contributed by atoms with E-state index in [1.54, 1.807) is 0 Å². The van der Waals surface area contributed by atoms with Gasteiger partial charge in [-0.1, -0.05) is 33.3 Å². The number of hydrogen-bond acceptors (Lipinski definition) is 1. The Bertz CT molecular complexity index is 227. The minimum absolute atomic E-state index is 0.115. The van der Waals surface area contributed by atoms with E-state index in [0.717, 1.165) is 19.3 Å². The fourth-order valence-electron chi connectivity index (χ4n) is 2.48. The number of allylic oxidation sites excluding steroid dienone is 1. The second kappa shape index (κ2) is 3.28. The fraction of sp³-hybridized carbons (Fsp3) is 0.750. The normalized spacial score (nSPS) is 33.0. The second-order valence-electron chi connectivity index (χ2n) is 5.12. The molecule has 0 aromatic rings. The molecule has 1 aliphatic carbocycles. The standard InChI is InChI=1S/C12H20O/c1-5-7-12(4)9-6-8-11(2,3)10(12)13/h5H,1,6-9H2,2-4H3. The van der Waals surface area contributed by atoms with Crippen molar-refractivity contribution in [3.05, 3.63) is 12.7 Å². The van der Waals surface area contributed by atoms with E-state index in [4.69, 9.17) is 0 Å². The average Bonchev–Trinajstić information content (AvgIpc) is 2.01. The van der Waals surface area contributed by atoms with E-state index < -0.39 is 0 Å². The quantitative estimate of drug-likeness (QED) is 0.596. The van der Waals surface area contributed by atoms with E-state index in [0.29, 0.717) is 5.78 Å². The Morgan fingerprint density at radius 2 is 2.00 bits per heavy atom. The summed E-state index contributed by atoms with van der Waals surface area (Å²) < 4.78 is 0. The van der Waals surface area contributed by atoms with Crippen molar-refractivity contribution in [3.63, 3.8) is 0 Å². The van der Waals surface area contributed by atoms with Gasteiger partial charge in [0, 0.05) is 10.8 Å². The molecule has 1 aliphatic rings. The summed E-state index contributed by atoms with van der Waals surface area (Å²) in [6.45, 7) is 9.94. The molecule has 0 aromatic heterocycles. The maximum Gasteiger partial charge on any atom is 0.144 e. The van der Waals surface area contributed by atoms with Crippen LogP contribution in [0.4, 0.5) is 0 Å². The van der Waals surface area contributed by atoms with Gasteiger partial charge in [0.05, 0.1) is 0 Å². The van der Waals surface area contributed by atoms with Crippen LogP contribution in [0.25, 0.3) is 0 Å². The maximum absolute atomic E-state index is 12.1.